The van der Waals surface area contributed by atoms with Gasteiger partial charge in [0.25, 0.3) is 0 Å². The molecule has 3 saturated carbocycles. The molecule has 0 aromatic heterocycles. The Kier molecular flexibility index (Phi) is 4.64. The minimum atomic E-state index is 0.267. The monoisotopic (exact) mass is 319 g/mol. The molecule has 0 aromatic carbocycles. The minimum absolute atomic E-state index is 0.267. The quantitative estimate of drug-likeness (QED) is 0.849. The van der Waals surface area contributed by atoms with Crippen LogP contribution in [-0.2, 0) is 4.79 Å². The van der Waals surface area contributed by atoms with E-state index >= 15 is 0 Å². The third kappa shape index (κ3) is 3.17. The summed E-state index contributed by atoms with van der Waals surface area (Å²) < 4.78 is 0. The van der Waals surface area contributed by atoms with E-state index in [9.17, 15) is 4.79 Å². The highest BCUT2D eigenvalue weighted by molar-refractivity contribution is 5.79. The molecule has 4 nitrogen and oxygen atoms in total. The van der Waals surface area contributed by atoms with Gasteiger partial charge in [-0.25, -0.2) is 0 Å². The topological polar surface area (TPSA) is 49.6 Å². The fourth-order valence-corrected chi connectivity index (χ4v) is 5.83. The molecule has 0 radical (unpaired) electrons. The number of carbonyl (C=O) groups excluding carboxylic acids is 1. The summed E-state index contributed by atoms with van der Waals surface area (Å²) in [5, 5.41) is 0. The van der Waals surface area contributed by atoms with Crippen LogP contribution >= 0.6 is 0 Å². The molecule has 1 saturated heterocycles. The Morgan fingerprint density at radius 1 is 0.826 bits per heavy atom. The molecule has 4 rings (SSSR count). The van der Waals surface area contributed by atoms with Crippen LogP contribution in [-0.4, -0.2) is 54.0 Å². The zero-order valence-corrected chi connectivity index (χ0v) is 14.5. The second kappa shape index (κ2) is 6.72. The van der Waals surface area contributed by atoms with Gasteiger partial charge in [0.2, 0.25) is 5.91 Å². The van der Waals surface area contributed by atoms with Crippen LogP contribution in [0.25, 0.3) is 0 Å². The predicted molar refractivity (Wildman–Crippen MR) is 91.9 cm³/mol. The van der Waals surface area contributed by atoms with Gasteiger partial charge >= 0.3 is 0 Å². The molecule has 2 N–H and O–H groups in total. The highest BCUT2D eigenvalue weighted by Gasteiger charge is 2.42. The Hall–Kier alpha value is -0.610. The summed E-state index contributed by atoms with van der Waals surface area (Å²) in [7, 11) is 0. The van der Waals surface area contributed by atoms with E-state index in [0.717, 1.165) is 45.1 Å². The fourth-order valence-electron chi connectivity index (χ4n) is 5.83. The molecule has 1 amide bonds. The largest absolute Gasteiger partial charge is 0.340 e. The van der Waals surface area contributed by atoms with Crippen LogP contribution in [0.4, 0.5) is 0 Å². The van der Waals surface area contributed by atoms with Crippen LogP contribution in [0.2, 0.25) is 0 Å². The maximum atomic E-state index is 13.0. The summed E-state index contributed by atoms with van der Waals surface area (Å²) in [5.74, 6) is 1.93. The van der Waals surface area contributed by atoms with Crippen molar-refractivity contribution in [2.75, 3.05) is 26.2 Å². The zero-order valence-electron chi connectivity index (χ0n) is 14.5. The van der Waals surface area contributed by atoms with Gasteiger partial charge in [-0.3, -0.25) is 9.69 Å². The van der Waals surface area contributed by atoms with Gasteiger partial charge in [-0.2, -0.15) is 0 Å². The maximum Gasteiger partial charge on any atom is 0.225 e. The molecule has 4 heteroatoms. The molecule has 2 bridgehead atoms. The van der Waals surface area contributed by atoms with E-state index < -0.39 is 0 Å². The molecular weight excluding hydrogens is 286 g/mol. The van der Waals surface area contributed by atoms with E-state index in [1.165, 1.54) is 44.9 Å². The molecule has 4 fully saturated rings. The Morgan fingerprint density at radius 3 is 2.04 bits per heavy atom. The lowest BCUT2D eigenvalue weighted by Crippen LogP contribution is -2.55. The Labute approximate surface area is 140 Å². The van der Waals surface area contributed by atoms with Gasteiger partial charge in [-0.1, -0.05) is 19.3 Å². The van der Waals surface area contributed by atoms with Gasteiger partial charge in [-0.05, 0) is 50.4 Å². The highest BCUT2D eigenvalue weighted by Crippen LogP contribution is 2.42. The summed E-state index contributed by atoms with van der Waals surface area (Å²) >= 11 is 0. The lowest BCUT2D eigenvalue weighted by Gasteiger charge is -2.45. The Balaban J connectivity index is 1.31. The number of carbonyl (C=O) groups is 1. The third-order valence-electron chi connectivity index (χ3n) is 7.23. The van der Waals surface area contributed by atoms with E-state index in [2.05, 4.69) is 9.80 Å². The van der Waals surface area contributed by atoms with Gasteiger partial charge in [0.1, 0.15) is 0 Å². The molecule has 2 atom stereocenters. The standard InChI is InChI=1S/C19H33N3O/c20-18-14-4-3-5-15(18)13-16(12-14)19(23)22-10-8-21(9-11-22)17-6-1-2-7-17/h14-18H,1-13,20H2. The van der Waals surface area contributed by atoms with Crippen LogP contribution in [0.3, 0.4) is 0 Å². The molecule has 0 aromatic rings. The molecule has 0 spiro atoms. The van der Waals surface area contributed by atoms with Gasteiger partial charge in [0.15, 0.2) is 0 Å². The van der Waals surface area contributed by atoms with Crippen LogP contribution < -0.4 is 5.73 Å². The lowest BCUT2D eigenvalue weighted by atomic mass is 9.65. The number of nitrogens with zero attached hydrogens (tertiary/aromatic N) is 2. The van der Waals surface area contributed by atoms with E-state index in [0.29, 0.717) is 23.8 Å². The van der Waals surface area contributed by atoms with Crippen LogP contribution in [0.1, 0.15) is 57.8 Å². The van der Waals surface area contributed by atoms with Crippen molar-refractivity contribution >= 4 is 5.91 Å². The molecular formula is C19H33N3O. The molecule has 1 aliphatic heterocycles. The van der Waals surface area contributed by atoms with Crippen molar-refractivity contribution in [3.05, 3.63) is 0 Å². The van der Waals surface area contributed by atoms with Gasteiger partial charge < -0.3 is 10.6 Å². The van der Waals surface area contributed by atoms with E-state index in [4.69, 9.17) is 5.73 Å². The number of hydrogen-bond donors (Lipinski definition) is 1. The summed E-state index contributed by atoms with van der Waals surface area (Å²) in [6, 6.07) is 1.17. The van der Waals surface area contributed by atoms with E-state index in [1.807, 2.05) is 0 Å². The molecule has 2 unspecified atom stereocenters. The number of piperazine rings is 1. The second-order valence-electron chi connectivity index (χ2n) is 8.50. The van der Waals surface area contributed by atoms with Crippen molar-refractivity contribution in [1.82, 2.24) is 9.80 Å². The maximum absolute atomic E-state index is 13.0. The number of amides is 1. The summed E-state index contributed by atoms with van der Waals surface area (Å²) in [6.45, 7) is 4.09. The average Bonchev–Trinajstić information content (AvgIpc) is 3.08. The summed E-state index contributed by atoms with van der Waals surface area (Å²) in [4.78, 5) is 17.8. The molecule has 4 aliphatic rings. The van der Waals surface area contributed by atoms with Crippen molar-refractivity contribution in [2.45, 2.75) is 69.9 Å². The number of rotatable bonds is 2. The summed E-state index contributed by atoms with van der Waals surface area (Å²) in [6.07, 6.45) is 11.5. The smallest absolute Gasteiger partial charge is 0.225 e. The number of fused-ring (bicyclic) bond motifs is 2. The molecule has 23 heavy (non-hydrogen) atoms. The van der Waals surface area contributed by atoms with Gasteiger partial charge in [0.05, 0.1) is 0 Å². The molecule has 3 aliphatic carbocycles. The van der Waals surface area contributed by atoms with Crippen LogP contribution in [0.5, 0.6) is 0 Å². The van der Waals surface area contributed by atoms with Crippen molar-refractivity contribution in [1.29, 1.82) is 0 Å². The normalized spacial score (nSPS) is 39.6. The summed E-state index contributed by atoms with van der Waals surface area (Å²) in [5.41, 5.74) is 6.38. The molecule has 1 heterocycles. The second-order valence-corrected chi connectivity index (χ2v) is 8.50. The number of hydrogen-bond acceptors (Lipinski definition) is 3. The zero-order chi connectivity index (χ0) is 15.8. The fraction of sp³-hybridized carbons (Fsp3) is 0.947. The first-order valence-corrected chi connectivity index (χ1v) is 10.0. The third-order valence-corrected chi connectivity index (χ3v) is 7.23. The van der Waals surface area contributed by atoms with Crippen molar-refractivity contribution in [3.63, 3.8) is 0 Å². The predicted octanol–water partition coefficient (Wildman–Crippen LogP) is 2.23. The van der Waals surface area contributed by atoms with Crippen molar-refractivity contribution in [2.24, 2.45) is 23.5 Å². The first kappa shape index (κ1) is 15.9. The lowest BCUT2D eigenvalue weighted by molar-refractivity contribution is -0.140. The van der Waals surface area contributed by atoms with Crippen molar-refractivity contribution < 1.29 is 4.79 Å². The minimum Gasteiger partial charge on any atom is -0.340 e. The first-order chi connectivity index (χ1) is 11.2. The van der Waals surface area contributed by atoms with Crippen LogP contribution in [0.15, 0.2) is 0 Å². The Bertz CT molecular complexity index is 412. The first-order valence-electron chi connectivity index (χ1n) is 10.0. The van der Waals surface area contributed by atoms with Gasteiger partial charge in [-0.15, -0.1) is 0 Å². The highest BCUT2D eigenvalue weighted by atomic mass is 16.2. The SMILES string of the molecule is NC1C2CCCC1CC(C(=O)N1CCN(C3CCCC3)CC1)C2. The van der Waals surface area contributed by atoms with Gasteiger partial charge in [0, 0.05) is 44.2 Å². The van der Waals surface area contributed by atoms with E-state index in [-0.39, 0.29) is 5.92 Å². The molecule has 130 valence electrons. The van der Waals surface area contributed by atoms with Crippen LogP contribution in [0, 0.1) is 17.8 Å². The number of nitrogens with two attached hydrogens (primary N) is 1. The van der Waals surface area contributed by atoms with E-state index in [1.54, 1.807) is 0 Å². The van der Waals surface area contributed by atoms with Crippen molar-refractivity contribution in [3.8, 4) is 0 Å². The average molecular weight is 319 g/mol. The Morgan fingerprint density at radius 2 is 1.43 bits per heavy atom.